The van der Waals surface area contributed by atoms with Crippen LogP contribution in [0, 0.1) is 0 Å². The number of nitrogens with one attached hydrogen (secondary N) is 1. The SMILES string of the molecule is CCCCCCCCC/C=C/CC/C=C/CC/C=C/C(O)C(COC1OC(CO)C(O)C(O)C1O)NC(=O)CCCCCCCCCCC/C=C\C/C=C\CCCCCCCCCCC. The molecule has 0 aromatic rings. The number of amides is 1. The molecular formula is C56H101NO8. The monoisotopic (exact) mass is 916 g/mol. The second kappa shape index (κ2) is 45.7. The highest BCUT2D eigenvalue weighted by molar-refractivity contribution is 5.76. The normalized spacial score (nSPS) is 20.4. The summed E-state index contributed by atoms with van der Waals surface area (Å²) in [5.74, 6) is -0.196. The molecule has 65 heavy (non-hydrogen) atoms. The first-order valence-corrected chi connectivity index (χ1v) is 27.0. The maximum atomic E-state index is 13.0. The molecule has 1 aliphatic heterocycles. The van der Waals surface area contributed by atoms with Gasteiger partial charge in [0.2, 0.25) is 5.91 Å². The largest absolute Gasteiger partial charge is 0.394 e. The fourth-order valence-electron chi connectivity index (χ4n) is 8.22. The molecular weight excluding hydrogens is 815 g/mol. The van der Waals surface area contributed by atoms with E-state index in [0.29, 0.717) is 6.42 Å². The van der Waals surface area contributed by atoms with Crippen molar-refractivity contribution in [1.29, 1.82) is 0 Å². The summed E-state index contributed by atoms with van der Waals surface area (Å²) < 4.78 is 11.2. The highest BCUT2D eigenvalue weighted by Gasteiger charge is 2.44. The smallest absolute Gasteiger partial charge is 0.220 e. The van der Waals surface area contributed by atoms with Crippen LogP contribution < -0.4 is 5.32 Å². The summed E-state index contributed by atoms with van der Waals surface area (Å²) >= 11 is 0. The van der Waals surface area contributed by atoms with Crippen LogP contribution in [0.4, 0.5) is 0 Å². The third kappa shape index (κ3) is 35.7. The summed E-state index contributed by atoms with van der Waals surface area (Å²) in [4.78, 5) is 13.0. The van der Waals surface area contributed by atoms with Crippen LogP contribution in [0.2, 0.25) is 0 Å². The predicted molar refractivity (Wildman–Crippen MR) is 272 cm³/mol. The maximum Gasteiger partial charge on any atom is 0.220 e. The van der Waals surface area contributed by atoms with Crippen molar-refractivity contribution in [1.82, 2.24) is 5.32 Å². The van der Waals surface area contributed by atoms with Gasteiger partial charge >= 0.3 is 0 Å². The Labute approximate surface area is 398 Å². The van der Waals surface area contributed by atoms with Crippen molar-refractivity contribution in [2.75, 3.05) is 13.2 Å². The predicted octanol–water partition coefficient (Wildman–Crippen LogP) is 12.7. The molecule has 0 aromatic heterocycles. The van der Waals surface area contributed by atoms with Gasteiger partial charge in [-0.2, -0.15) is 0 Å². The fourth-order valence-corrected chi connectivity index (χ4v) is 8.22. The molecule has 1 amide bonds. The highest BCUT2D eigenvalue weighted by Crippen LogP contribution is 2.23. The zero-order valence-corrected chi connectivity index (χ0v) is 41.7. The van der Waals surface area contributed by atoms with Gasteiger partial charge in [-0.25, -0.2) is 0 Å². The van der Waals surface area contributed by atoms with Crippen molar-refractivity contribution in [3.8, 4) is 0 Å². The Kier molecular flexibility index (Phi) is 42.8. The molecule has 9 nitrogen and oxygen atoms in total. The standard InChI is InChI=1S/C56H101NO8/c1-3-5-7-9-11-13-15-17-19-21-22-23-24-25-26-27-28-30-32-34-36-38-40-42-44-46-52(60)57-49(48-64-56-55(63)54(62)53(61)51(47-58)65-56)50(59)45-43-41-39-37-35-33-31-29-20-18-16-14-12-10-8-6-4-2/h20,22-23,25-26,29,35,37,43,45,49-51,53-56,58-59,61-63H,3-19,21,24,27-28,30-34,36,38-42,44,46-48H2,1-2H3,(H,57,60)/b23-22-,26-25-,29-20+,37-35+,45-43+. The molecule has 378 valence electrons. The van der Waals surface area contributed by atoms with Crippen LogP contribution >= 0.6 is 0 Å². The van der Waals surface area contributed by atoms with Crippen LogP contribution in [0.15, 0.2) is 60.8 Å². The lowest BCUT2D eigenvalue weighted by Crippen LogP contribution is -2.60. The summed E-state index contributed by atoms with van der Waals surface area (Å²) in [5, 5.41) is 54.4. The van der Waals surface area contributed by atoms with Gasteiger partial charge in [0.05, 0.1) is 25.4 Å². The van der Waals surface area contributed by atoms with Crippen molar-refractivity contribution in [3.05, 3.63) is 60.8 Å². The van der Waals surface area contributed by atoms with E-state index in [4.69, 9.17) is 9.47 Å². The molecule has 1 fully saturated rings. The molecule has 7 unspecified atom stereocenters. The number of ether oxygens (including phenoxy) is 2. The first-order valence-electron chi connectivity index (χ1n) is 27.0. The van der Waals surface area contributed by atoms with E-state index >= 15 is 0 Å². The third-order valence-corrected chi connectivity index (χ3v) is 12.5. The number of aliphatic hydroxyl groups excluding tert-OH is 5. The Balaban J connectivity index is 2.29. The Morgan fingerprint density at radius 3 is 1.38 bits per heavy atom. The van der Waals surface area contributed by atoms with E-state index in [-0.39, 0.29) is 12.5 Å². The van der Waals surface area contributed by atoms with Crippen LogP contribution in [0.1, 0.15) is 232 Å². The molecule has 7 atom stereocenters. The number of carbonyl (C=O) groups excluding carboxylic acids is 1. The van der Waals surface area contributed by atoms with Gasteiger partial charge < -0.3 is 40.3 Å². The van der Waals surface area contributed by atoms with Crippen LogP contribution in [-0.4, -0.2) is 87.5 Å². The lowest BCUT2D eigenvalue weighted by Gasteiger charge is -2.40. The van der Waals surface area contributed by atoms with E-state index in [1.807, 2.05) is 6.08 Å². The topological polar surface area (TPSA) is 149 Å². The van der Waals surface area contributed by atoms with E-state index in [2.05, 4.69) is 67.8 Å². The van der Waals surface area contributed by atoms with Crippen LogP contribution in [0.25, 0.3) is 0 Å². The van der Waals surface area contributed by atoms with Gasteiger partial charge in [0, 0.05) is 6.42 Å². The highest BCUT2D eigenvalue weighted by atomic mass is 16.7. The van der Waals surface area contributed by atoms with Gasteiger partial charge in [-0.1, -0.05) is 209 Å². The lowest BCUT2D eigenvalue weighted by molar-refractivity contribution is -0.302. The molecule has 1 aliphatic rings. The molecule has 0 bridgehead atoms. The molecule has 0 radical (unpaired) electrons. The van der Waals surface area contributed by atoms with Gasteiger partial charge in [0.1, 0.15) is 24.4 Å². The molecule has 0 aromatic carbocycles. The molecule has 9 heteroatoms. The van der Waals surface area contributed by atoms with E-state index in [1.165, 1.54) is 141 Å². The lowest BCUT2D eigenvalue weighted by atomic mass is 9.99. The van der Waals surface area contributed by atoms with Crippen molar-refractivity contribution in [3.63, 3.8) is 0 Å². The average molecular weight is 916 g/mol. The molecule has 0 aliphatic carbocycles. The van der Waals surface area contributed by atoms with Crippen molar-refractivity contribution < 1.29 is 39.8 Å². The fraction of sp³-hybridized carbons (Fsp3) is 0.804. The molecule has 1 rings (SSSR count). The van der Waals surface area contributed by atoms with E-state index in [0.717, 1.165) is 70.6 Å². The minimum Gasteiger partial charge on any atom is -0.394 e. The quantitative estimate of drug-likeness (QED) is 0.0261. The number of rotatable bonds is 45. The van der Waals surface area contributed by atoms with Gasteiger partial charge in [0.15, 0.2) is 6.29 Å². The maximum absolute atomic E-state index is 13.0. The summed E-state index contributed by atoms with van der Waals surface area (Å²) in [7, 11) is 0. The van der Waals surface area contributed by atoms with Gasteiger partial charge in [-0.15, -0.1) is 0 Å². The zero-order chi connectivity index (χ0) is 47.3. The molecule has 1 heterocycles. The summed E-state index contributed by atoms with van der Waals surface area (Å²) in [6.07, 6.45) is 54.2. The van der Waals surface area contributed by atoms with Crippen LogP contribution in [0.3, 0.4) is 0 Å². The van der Waals surface area contributed by atoms with E-state index in [9.17, 15) is 30.3 Å². The number of allylic oxidation sites excluding steroid dienone is 9. The number of hydrogen-bond donors (Lipinski definition) is 6. The summed E-state index contributed by atoms with van der Waals surface area (Å²) in [6.45, 7) is 3.75. The van der Waals surface area contributed by atoms with Crippen molar-refractivity contribution in [2.45, 2.75) is 275 Å². The Morgan fingerprint density at radius 1 is 0.523 bits per heavy atom. The summed E-state index contributed by atoms with van der Waals surface area (Å²) in [6, 6.07) is -0.832. The Bertz CT molecular complexity index is 1200. The molecule has 0 saturated carbocycles. The van der Waals surface area contributed by atoms with E-state index in [1.54, 1.807) is 6.08 Å². The molecule has 1 saturated heterocycles. The molecule has 0 spiro atoms. The zero-order valence-electron chi connectivity index (χ0n) is 41.7. The number of unbranched alkanes of at least 4 members (excludes halogenated alkanes) is 27. The van der Waals surface area contributed by atoms with Gasteiger partial charge in [-0.05, 0) is 77.0 Å². The minimum atomic E-state index is -1.58. The third-order valence-electron chi connectivity index (χ3n) is 12.5. The second-order valence-corrected chi connectivity index (χ2v) is 18.6. The number of carbonyl (C=O) groups is 1. The average Bonchev–Trinajstić information content (AvgIpc) is 3.31. The van der Waals surface area contributed by atoms with E-state index < -0.39 is 49.5 Å². The van der Waals surface area contributed by atoms with Crippen molar-refractivity contribution in [2.24, 2.45) is 0 Å². The summed E-state index contributed by atoms with van der Waals surface area (Å²) in [5.41, 5.74) is 0. The Morgan fingerprint density at radius 2 is 0.923 bits per heavy atom. The first kappa shape index (κ1) is 60.9. The van der Waals surface area contributed by atoms with Gasteiger partial charge in [0.25, 0.3) is 0 Å². The Hall–Kier alpha value is -2.11. The number of aliphatic hydroxyl groups is 5. The first-order chi connectivity index (χ1) is 31.8. The minimum absolute atomic E-state index is 0.196. The molecule has 6 N–H and O–H groups in total. The number of hydrogen-bond acceptors (Lipinski definition) is 8. The van der Waals surface area contributed by atoms with Gasteiger partial charge in [-0.3, -0.25) is 4.79 Å². The van der Waals surface area contributed by atoms with Crippen molar-refractivity contribution >= 4 is 5.91 Å². The second-order valence-electron chi connectivity index (χ2n) is 18.6. The van der Waals surface area contributed by atoms with Crippen LogP contribution in [0.5, 0.6) is 0 Å². The van der Waals surface area contributed by atoms with Crippen LogP contribution in [-0.2, 0) is 14.3 Å².